The van der Waals surface area contributed by atoms with Gasteiger partial charge in [-0.2, -0.15) is 18.3 Å². The van der Waals surface area contributed by atoms with Gasteiger partial charge in [-0.05, 0) is 25.0 Å². The van der Waals surface area contributed by atoms with Crippen LogP contribution >= 0.6 is 0 Å². The van der Waals surface area contributed by atoms with Crippen LogP contribution in [0, 0.1) is 13.8 Å². The number of alkyl halides is 3. The van der Waals surface area contributed by atoms with Crippen molar-refractivity contribution in [2.75, 3.05) is 6.54 Å². The highest BCUT2D eigenvalue weighted by atomic mass is 19.4. The average Bonchev–Trinajstić information content (AvgIpc) is 2.91. The molecule has 1 aromatic carbocycles. The van der Waals surface area contributed by atoms with E-state index in [4.69, 9.17) is 0 Å². The van der Waals surface area contributed by atoms with E-state index in [1.807, 2.05) is 32.0 Å². The van der Waals surface area contributed by atoms with Crippen molar-refractivity contribution in [3.63, 3.8) is 0 Å². The fourth-order valence-corrected chi connectivity index (χ4v) is 3.17. The van der Waals surface area contributed by atoms with Crippen molar-refractivity contribution in [1.29, 1.82) is 0 Å². The number of halogens is 3. The Hall–Kier alpha value is -2.31. The number of carbonyl (C=O) groups excluding carboxylic acids is 1. The van der Waals surface area contributed by atoms with Crippen LogP contribution in [0.25, 0.3) is 0 Å². The number of H-pyrrole nitrogens is 1. The Balaban J connectivity index is 1.74. The lowest BCUT2D eigenvalue weighted by atomic mass is 10.00. The van der Waals surface area contributed by atoms with E-state index in [9.17, 15) is 18.0 Å². The number of rotatable bonds is 3. The Labute approximate surface area is 144 Å². The molecule has 0 spiro atoms. The zero-order valence-electron chi connectivity index (χ0n) is 14.2. The predicted molar refractivity (Wildman–Crippen MR) is 87.1 cm³/mol. The highest BCUT2D eigenvalue weighted by molar-refractivity contribution is 5.79. The van der Waals surface area contributed by atoms with Crippen LogP contribution in [0.3, 0.4) is 0 Å². The van der Waals surface area contributed by atoms with Crippen molar-refractivity contribution in [2.24, 2.45) is 0 Å². The van der Waals surface area contributed by atoms with Gasteiger partial charge >= 0.3 is 6.18 Å². The van der Waals surface area contributed by atoms with E-state index >= 15 is 0 Å². The van der Waals surface area contributed by atoms with Gasteiger partial charge in [0.05, 0.1) is 18.5 Å². The second kappa shape index (κ2) is 6.54. The zero-order chi connectivity index (χ0) is 18.2. The topological polar surface area (TPSA) is 49.0 Å². The lowest BCUT2D eigenvalue weighted by molar-refractivity contribution is -0.131. The van der Waals surface area contributed by atoms with E-state index in [1.54, 1.807) is 4.90 Å². The molecule has 2 heterocycles. The van der Waals surface area contributed by atoms with Gasteiger partial charge in [-0.15, -0.1) is 0 Å². The van der Waals surface area contributed by atoms with Crippen LogP contribution in [0.4, 0.5) is 13.2 Å². The Kier molecular flexibility index (Phi) is 4.58. The lowest BCUT2D eigenvalue weighted by Crippen LogP contribution is -2.37. The van der Waals surface area contributed by atoms with Gasteiger partial charge in [-0.1, -0.05) is 23.8 Å². The largest absolute Gasteiger partial charge is 0.394 e. The third-order valence-corrected chi connectivity index (χ3v) is 4.59. The summed E-state index contributed by atoms with van der Waals surface area (Å²) in [6.45, 7) is 4.59. The summed E-state index contributed by atoms with van der Waals surface area (Å²) in [5, 5.41) is 6.49. The molecular formula is C18H20F3N3O. The molecule has 0 aliphatic carbocycles. The first-order chi connectivity index (χ1) is 11.7. The van der Waals surface area contributed by atoms with Crippen LogP contribution in [-0.2, 0) is 30.6 Å². The molecule has 25 heavy (non-hydrogen) atoms. The minimum atomic E-state index is -4.31. The number of aryl methyl sites for hydroxylation is 2. The molecular weight excluding hydrogens is 331 g/mol. The van der Waals surface area contributed by atoms with E-state index in [2.05, 4.69) is 10.2 Å². The van der Waals surface area contributed by atoms with Crippen molar-refractivity contribution in [3.05, 3.63) is 51.8 Å². The van der Waals surface area contributed by atoms with Gasteiger partial charge in [0.15, 0.2) is 0 Å². The Morgan fingerprint density at radius 3 is 2.80 bits per heavy atom. The van der Waals surface area contributed by atoms with Crippen LogP contribution in [-0.4, -0.2) is 33.7 Å². The van der Waals surface area contributed by atoms with Gasteiger partial charge in [-0.25, -0.2) is 0 Å². The van der Waals surface area contributed by atoms with Crippen LogP contribution in [0.15, 0.2) is 18.2 Å². The highest BCUT2D eigenvalue weighted by Crippen LogP contribution is 2.27. The van der Waals surface area contributed by atoms with Crippen LogP contribution in [0.1, 0.15) is 33.6 Å². The molecule has 7 heteroatoms. The Morgan fingerprint density at radius 1 is 1.32 bits per heavy atom. The molecule has 0 atom stereocenters. The van der Waals surface area contributed by atoms with Crippen molar-refractivity contribution in [1.82, 2.24) is 15.1 Å². The maximum atomic E-state index is 12.7. The van der Waals surface area contributed by atoms with Crippen LogP contribution < -0.4 is 0 Å². The molecule has 1 amide bonds. The van der Waals surface area contributed by atoms with E-state index in [0.717, 1.165) is 16.7 Å². The number of benzene rings is 1. The maximum absolute atomic E-state index is 12.7. The number of hydrogen-bond donors (Lipinski definition) is 1. The maximum Gasteiger partial charge on any atom is 0.394 e. The fraction of sp³-hybridized carbons (Fsp3) is 0.444. The molecule has 0 saturated carbocycles. The van der Waals surface area contributed by atoms with Gasteiger partial charge in [0.25, 0.3) is 0 Å². The predicted octanol–water partition coefficient (Wildman–Crippen LogP) is 3.26. The van der Waals surface area contributed by atoms with Crippen molar-refractivity contribution < 1.29 is 18.0 Å². The Bertz CT molecular complexity index is 795. The summed E-state index contributed by atoms with van der Waals surface area (Å²) in [6, 6.07) is 5.95. The summed E-state index contributed by atoms with van der Waals surface area (Å²) in [5.41, 5.74) is 4.28. The number of fused-ring (bicyclic) bond motifs is 1. The van der Waals surface area contributed by atoms with Gasteiger partial charge in [0, 0.05) is 30.8 Å². The second-order valence-corrected chi connectivity index (χ2v) is 6.59. The van der Waals surface area contributed by atoms with Crippen LogP contribution in [0.2, 0.25) is 0 Å². The minimum absolute atomic E-state index is 0.00765. The van der Waals surface area contributed by atoms with Gasteiger partial charge in [0.1, 0.15) is 0 Å². The summed E-state index contributed by atoms with van der Waals surface area (Å²) < 4.78 is 38.0. The third kappa shape index (κ3) is 4.03. The lowest BCUT2D eigenvalue weighted by Gasteiger charge is -2.27. The van der Waals surface area contributed by atoms with Crippen molar-refractivity contribution in [3.8, 4) is 0 Å². The molecule has 134 valence electrons. The average molecular weight is 351 g/mol. The first-order valence-electron chi connectivity index (χ1n) is 8.18. The summed E-state index contributed by atoms with van der Waals surface area (Å²) in [5.74, 6) is -0.0708. The smallest absolute Gasteiger partial charge is 0.338 e. The van der Waals surface area contributed by atoms with E-state index in [-0.39, 0.29) is 24.6 Å². The SMILES string of the molecule is Cc1ccc(C)c(CC(=O)N2CCc3[nH]nc(CC(F)(F)F)c3C2)c1. The summed E-state index contributed by atoms with van der Waals surface area (Å²) in [7, 11) is 0. The number of hydrogen-bond acceptors (Lipinski definition) is 2. The number of aromatic amines is 1. The van der Waals surface area contributed by atoms with Gasteiger partial charge in [-0.3, -0.25) is 9.89 Å². The quantitative estimate of drug-likeness (QED) is 0.923. The van der Waals surface area contributed by atoms with Gasteiger partial charge < -0.3 is 4.90 Å². The summed E-state index contributed by atoms with van der Waals surface area (Å²) in [4.78, 5) is 14.3. The van der Waals surface area contributed by atoms with E-state index in [1.165, 1.54) is 0 Å². The molecule has 0 radical (unpaired) electrons. The molecule has 0 unspecified atom stereocenters. The molecule has 4 nitrogen and oxygen atoms in total. The fourth-order valence-electron chi connectivity index (χ4n) is 3.17. The molecule has 1 aliphatic heterocycles. The molecule has 3 rings (SSSR count). The molecule has 1 N–H and O–H groups in total. The number of amides is 1. The van der Waals surface area contributed by atoms with E-state index in [0.29, 0.717) is 24.2 Å². The summed E-state index contributed by atoms with van der Waals surface area (Å²) >= 11 is 0. The first kappa shape index (κ1) is 17.5. The normalized spacial score (nSPS) is 14.5. The summed E-state index contributed by atoms with van der Waals surface area (Å²) in [6.07, 6.45) is -4.63. The second-order valence-electron chi connectivity index (χ2n) is 6.59. The number of aromatic nitrogens is 2. The number of carbonyl (C=O) groups is 1. The van der Waals surface area contributed by atoms with Crippen LogP contribution in [0.5, 0.6) is 0 Å². The monoisotopic (exact) mass is 351 g/mol. The zero-order valence-corrected chi connectivity index (χ0v) is 14.2. The Morgan fingerprint density at radius 2 is 2.08 bits per heavy atom. The highest BCUT2D eigenvalue weighted by Gasteiger charge is 2.33. The molecule has 1 aliphatic rings. The third-order valence-electron chi connectivity index (χ3n) is 4.59. The molecule has 2 aromatic rings. The molecule has 1 aromatic heterocycles. The van der Waals surface area contributed by atoms with Crippen molar-refractivity contribution in [2.45, 2.75) is 45.8 Å². The molecule has 0 saturated heterocycles. The van der Waals surface area contributed by atoms with Gasteiger partial charge in [0.2, 0.25) is 5.91 Å². The molecule has 0 fully saturated rings. The minimum Gasteiger partial charge on any atom is -0.338 e. The van der Waals surface area contributed by atoms with E-state index < -0.39 is 12.6 Å². The molecule has 0 bridgehead atoms. The number of nitrogens with one attached hydrogen (secondary N) is 1. The first-order valence-corrected chi connectivity index (χ1v) is 8.18. The standard InChI is InChI=1S/C18H20F3N3O/c1-11-3-4-12(2)13(7-11)8-17(25)24-6-5-15-14(10-24)16(23-22-15)9-18(19,20)21/h3-4,7H,5-6,8-10H2,1-2H3,(H,22,23). The number of nitrogens with zero attached hydrogens (tertiary/aromatic N) is 2. The van der Waals surface area contributed by atoms with Crippen molar-refractivity contribution >= 4 is 5.91 Å².